The lowest BCUT2D eigenvalue weighted by Gasteiger charge is -2.32. The van der Waals surface area contributed by atoms with Crippen molar-refractivity contribution < 1.29 is 9.90 Å². The summed E-state index contributed by atoms with van der Waals surface area (Å²) in [5.41, 5.74) is 2.26. The van der Waals surface area contributed by atoms with E-state index in [2.05, 4.69) is 45.1 Å². The largest absolute Gasteiger partial charge is 0.480 e. The lowest BCUT2D eigenvalue weighted by Crippen LogP contribution is -2.39. The van der Waals surface area contributed by atoms with E-state index in [-0.39, 0.29) is 6.04 Å². The van der Waals surface area contributed by atoms with Gasteiger partial charge in [-0.3, -0.25) is 9.69 Å². The van der Waals surface area contributed by atoms with E-state index in [1.54, 1.807) is 0 Å². The van der Waals surface area contributed by atoms with Crippen LogP contribution in [0.3, 0.4) is 0 Å². The summed E-state index contributed by atoms with van der Waals surface area (Å²) in [7, 11) is 0. The first-order chi connectivity index (χ1) is 10.7. The van der Waals surface area contributed by atoms with Crippen molar-refractivity contribution in [3.05, 3.63) is 70.2 Å². The lowest BCUT2D eigenvalue weighted by molar-refractivity contribution is -0.142. The molecule has 3 nitrogen and oxygen atoms in total. The van der Waals surface area contributed by atoms with Crippen molar-refractivity contribution in [2.24, 2.45) is 0 Å². The van der Waals surface area contributed by atoms with Gasteiger partial charge in [-0.15, -0.1) is 0 Å². The van der Waals surface area contributed by atoms with Crippen LogP contribution in [0.25, 0.3) is 0 Å². The zero-order valence-corrected chi connectivity index (χ0v) is 13.7. The fraction of sp³-hybridized carbons (Fsp3) is 0.278. The molecule has 2 aromatic carbocycles. The topological polar surface area (TPSA) is 40.5 Å². The molecule has 114 valence electrons. The van der Waals surface area contributed by atoms with Gasteiger partial charge in [0.25, 0.3) is 0 Å². The van der Waals surface area contributed by atoms with E-state index < -0.39 is 12.0 Å². The maximum Gasteiger partial charge on any atom is 0.320 e. The average Bonchev–Trinajstić information content (AvgIpc) is 3.00. The van der Waals surface area contributed by atoms with Crippen molar-refractivity contribution in [2.75, 3.05) is 6.54 Å². The number of benzene rings is 2. The van der Waals surface area contributed by atoms with Gasteiger partial charge >= 0.3 is 5.97 Å². The highest BCUT2D eigenvalue weighted by molar-refractivity contribution is 9.10. The first-order valence-corrected chi connectivity index (χ1v) is 8.25. The highest BCUT2D eigenvalue weighted by Crippen LogP contribution is 2.35. The maximum atomic E-state index is 11.6. The summed E-state index contributed by atoms with van der Waals surface area (Å²) in [5.74, 6) is -0.726. The standard InChI is InChI=1S/C18H18BrNO2/c19-15-10-8-14(9-11-15)17(13-5-2-1-3-6-13)20-12-4-7-16(20)18(21)22/h1-3,5-6,8-11,16-17H,4,7,12H2,(H,21,22). The number of hydrogen-bond acceptors (Lipinski definition) is 2. The van der Waals surface area contributed by atoms with Gasteiger partial charge in [0.1, 0.15) is 6.04 Å². The first-order valence-electron chi connectivity index (χ1n) is 7.46. The SMILES string of the molecule is O=C(O)C1CCCN1C(c1ccccc1)c1ccc(Br)cc1. The molecule has 0 radical (unpaired) electrons. The zero-order chi connectivity index (χ0) is 15.5. The molecule has 1 aliphatic rings. The zero-order valence-electron chi connectivity index (χ0n) is 12.2. The van der Waals surface area contributed by atoms with Gasteiger partial charge in [0.2, 0.25) is 0 Å². The van der Waals surface area contributed by atoms with Gasteiger partial charge in [0.05, 0.1) is 6.04 Å². The van der Waals surface area contributed by atoms with Crippen LogP contribution in [0.5, 0.6) is 0 Å². The van der Waals surface area contributed by atoms with Crippen molar-refractivity contribution in [3.8, 4) is 0 Å². The minimum Gasteiger partial charge on any atom is -0.480 e. The van der Waals surface area contributed by atoms with E-state index in [0.29, 0.717) is 0 Å². The van der Waals surface area contributed by atoms with Crippen LogP contribution in [-0.2, 0) is 4.79 Å². The predicted molar refractivity (Wildman–Crippen MR) is 89.8 cm³/mol. The van der Waals surface area contributed by atoms with Crippen LogP contribution in [0.1, 0.15) is 30.0 Å². The number of carbonyl (C=O) groups is 1. The average molecular weight is 360 g/mol. The molecule has 1 heterocycles. The van der Waals surface area contributed by atoms with Gasteiger partial charge < -0.3 is 5.11 Å². The highest BCUT2D eigenvalue weighted by atomic mass is 79.9. The highest BCUT2D eigenvalue weighted by Gasteiger charge is 2.36. The Morgan fingerprint density at radius 3 is 2.36 bits per heavy atom. The summed E-state index contributed by atoms with van der Waals surface area (Å²) in [5, 5.41) is 9.52. The first kappa shape index (κ1) is 15.3. The van der Waals surface area contributed by atoms with Crippen LogP contribution in [0, 0.1) is 0 Å². The molecule has 4 heteroatoms. The molecule has 3 rings (SSSR count). The monoisotopic (exact) mass is 359 g/mol. The van der Waals surface area contributed by atoms with Gasteiger partial charge in [-0.1, -0.05) is 58.4 Å². The number of hydrogen-bond donors (Lipinski definition) is 1. The van der Waals surface area contributed by atoms with Crippen LogP contribution in [0.4, 0.5) is 0 Å². The molecular weight excluding hydrogens is 342 g/mol. The quantitative estimate of drug-likeness (QED) is 0.893. The number of likely N-dealkylation sites (tertiary alicyclic amines) is 1. The van der Waals surface area contributed by atoms with Crippen LogP contribution in [0.2, 0.25) is 0 Å². The molecule has 0 aliphatic carbocycles. The molecule has 1 fully saturated rings. The second-order valence-corrected chi connectivity index (χ2v) is 6.51. The molecule has 2 aromatic rings. The number of carboxylic acid groups (broad SMARTS) is 1. The van der Waals surface area contributed by atoms with E-state index >= 15 is 0 Å². The van der Waals surface area contributed by atoms with Crippen molar-refractivity contribution in [2.45, 2.75) is 24.9 Å². The van der Waals surface area contributed by atoms with Crippen molar-refractivity contribution in [3.63, 3.8) is 0 Å². The molecule has 1 aliphatic heterocycles. The maximum absolute atomic E-state index is 11.6. The van der Waals surface area contributed by atoms with Gasteiger partial charge in [0.15, 0.2) is 0 Å². The summed E-state index contributed by atoms with van der Waals surface area (Å²) in [6, 6.07) is 17.9. The minimum atomic E-state index is -0.726. The molecular formula is C18H18BrNO2. The molecule has 2 unspecified atom stereocenters. The molecule has 0 amide bonds. The van der Waals surface area contributed by atoms with Gasteiger partial charge in [-0.25, -0.2) is 0 Å². The van der Waals surface area contributed by atoms with E-state index in [1.165, 1.54) is 0 Å². The fourth-order valence-electron chi connectivity index (χ4n) is 3.22. The third kappa shape index (κ3) is 3.08. The predicted octanol–water partition coefficient (Wildman–Crippen LogP) is 4.09. The third-order valence-electron chi connectivity index (χ3n) is 4.21. The Morgan fingerprint density at radius 2 is 1.73 bits per heavy atom. The van der Waals surface area contributed by atoms with Crippen LogP contribution in [-0.4, -0.2) is 28.6 Å². The summed E-state index contributed by atoms with van der Waals surface area (Å²) in [4.78, 5) is 13.7. The number of halogens is 1. The van der Waals surface area contributed by atoms with Crippen LogP contribution < -0.4 is 0 Å². The van der Waals surface area contributed by atoms with E-state index in [0.717, 1.165) is 35.0 Å². The molecule has 1 saturated heterocycles. The number of rotatable bonds is 4. The van der Waals surface area contributed by atoms with E-state index in [9.17, 15) is 9.90 Å². The molecule has 0 spiro atoms. The molecule has 0 saturated carbocycles. The normalized spacial score (nSPS) is 20.0. The van der Waals surface area contributed by atoms with Gasteiger partial charge in [0, 0.05) is 11.0 Å². The molecule has 1 N–H and O–H groups in total. The molecule has 2 atom stereocenters. The number of aliphatic carboxylic acids is 1. The fourth-order valence-corrected chi connectivity index (χ4v) is 3.48. The van der Waals surface area contributed by atoms with Crippen LogP contribution in [0.15, 0.2) is 59.1 Å². The summed E-state index contributed by atoms with van der Waals surface area (Å²) < 4.78 is 1.03. The van der Waals surface area contributed by atoms with Gasteiger partial charge in [-0.2, -0.15) is 0 Å². The van der Waals surface area contributed by atoms with Gasteiger partial charge in [-0.05, 0) is 36.1 Å². The Morgan fingerprint density at radius 1 is 1.09 bits per heavy atom. The second kappa shape index (κ2) is 6.63. The lowest BCUT2D eigenvalue weighted by atomic mass is 9.96. The Bertz CT molecular complexity index is 642. The van der Waals surface area contributed by atoms with E-state index in [1.807, 2.05) is 30.3 Å². The number of nitrogens with zero attached hydrogens (tertiary/aromatic N) is 1. The molecule has 22 heavy (non-hydrogen) atoms. The third-order valence-corrected chi connectivity index (χ3v) is 4.74. The summed E-state index contributed by atoms with van der Waals surface area (Å²) in [6.45, 7) is 0.812. The van der Waals surface area contributed by atoms with E-state index in [4.69, 9.17) is 0 Å². The minimum absolute atomic E-state index is 0.0158. The Labute approximate surface area is 138 Å². The molecule has 0 bridgehead atoms. The second-order valence-electron chi connectivity index (χ2n) is 5.60. The summed E-state index contributed by atoms with van der Waals surface area (Å²) in [6.07, 6.45) is 1.64. The molecule has 0 aromatic heterocycles. The Balaban J connectivity index is 2.03. The van der Waals surface area contributed by atoms with Crippen LogP contribution >= 0.6 is 15.9 Å². The van der Waals surface area contributed by atoms with Crippen molar-refractivity contribution in [1.82, 2.24) is 4.90 Å². The summed E-state index contributed by atoms with van der Waals surface area (Å²) >= 11 is 3.46. The Kier molecular flexibility index (Phi) is 4.60. The van der Waals surface area contributed by atoms with Crippen molar-refractivity contribution >= 4 is 21.9 Å². The Hall–Kier alpha value is -1.65. The smallest absolute Gasteiger partial charge is 0.320 e. The van der Waals surface area contributed by atoms with Crippen molar-refractivity contribution in [1.29, 1.82) is 0 Å². The number of carboxylic acids is 1.